The second-order valence-corrected chi connectivity index (χ2v) is 7.91. The number of likely N-dealkylation sites (tertiary alicyclic amines) is 1. The van der Waals surface area contributed by atoms with Crippen LogP contribution in [0.2, 0.25) is 0 Å². The third-order valence-corrected chi connectivity index (χ3v) is 5.56. The van der Waals surface area contributed by atoms with E-state index in [1.807, 2.05) is 4.90 Å². The summed E-state index contributed by atoms with van der Waals surface area (Å²) < 4.78 is 26.3. The Labute approximate surface area is 182 Å². The van der Waals surface area contributed by atoms with Crippen LogP contribution in [0.5, 0.6) is 11.5 Å². The standard InChI is InChI=1S/C21H22BrFN4O3/c1-29-18-10-14-17(11-19(18)30-8-7-27-6-2-3-20(27)28)24-12-25-21(14)26-16-5-4-13(22)9-15(16)23/h4-5,9-12,20,28H,2-3,6-8H2,1H3,(H,24,25,26). The van der Waals surface area contributed by atoms with Crippen LogP contribution < -0.4 is 14.8 Å². The molecule has 0 bridgehead atoms. The molecule has 2 heterocycles. The van der Waals surface area contributed by atoms with Crippen LogP contribution in [0.15, 0.2) is 41.1 Å². The zero-order valence-electron chi connectivity index (χ0n) is 16.4. The van der Waals surface area contributed by atoms with Crippen molar-refractivity contribution in [1.82, 2.24) is 14.9 Å². The predicted molar refractivity (Wildman–Crippen MR) is 116 cm³/mol. The van der Waals surface area contributed by atoms with Crippen LogP contribution in [-0.4, -0.2) is 53.0 Å². The molecule has 1 unspecified atom stereocenters. The molecule has 1 aliphatic rings. The van der Waals surface area contributed by atoms with Crippen LogP contribution >= 0.6 is 15.9 Å². The largest absolute Gasteiger partial charge is 0.493 e. The molecule has 158 valence electrons. The molecule has 1 aliphatic heterocycles. The van der Waals surface area contributed by atoms with Crippen molar-refractivity contribution in [1.29, 1.82) is 0 Å². The van der Waals surface area contributed by atoms with Crippen molar-refractivity contribution >= 4 is 38.3 Å². The van der Waals surface area contributed by atoms with Gasteiger partial charge in [0.2, 0.25) is 0 Å². The van der Waals surface area contributed by atoms with Crippen LogP contribution in [0, 0.1) is 5.82 Å². The zero-order valence-corrected chi connectivity index (χ0v) is 18.0. The van der Waals surface area contributed by atoms with E-state index >= 15 is 0 Å². The first-order chi connectivity index (χ1) is 14.5. The number of aliphatic hydroxyl groups excluding tert-OH is 1. The smallest absolute Gasteiger partial charge is 0.163 e. The van der Waals surface area contributed by atoms with E-state index in [1.54, 1.807) is 31.4 Å². The van der Waals surface area contributed by atoms with Crippen LogP contribution in [0.4, 0.5) is 15.9 Å². The van der Waals surface area contributed by atoms with Crippen molar-refractivity contribution in [3.05, 3.63) is 46.9 Å². The van der Waals surface area contributed by atoms with Gasteiger partial charge in [-0.15, -0.1) is 0 Å². The number of methoxy groups -OCH3 is 1. The molecule has 0 amide bonds. The third-order valence-electron chi connectivity index (χ3n) is 5.07. The molecule has 2 N–H and O–H groups in total. The second kappa shape index (κ2) is 9.11. The number of hydrogen-bond acceptors (Lipinski definition) is 7. The fourth-order valence-electron chi connectivity index (χ4n) is 3.50. The molecule has 0 radical (unpaired) electrons. The molecule has 0 spiro atoms. The Morgan fingerprint density at radius 2 is 2.13 bits per heavy atom. The number of anilines is 2. The number of aromatic nitrogens is 2. The van der Waals surface area contributed by atoms with Gasteiger partial charge in [0.05, 0.1) is 18.3 Å². The van der Waals surface area contributed by atoms with Crippen molar-refractivity contribution in [2.75, 3.05) is 32.1 Å². The SMILES string of the molecule is COc1cc2c(Nc3ccc(Br)cc3F)ncnc2cc1OCCN1CCCC1O. The average Bonchev–Trinajstić information content (AvgIpc) is 3.14. The van der Waals surface area contributed by atoms with Gasteiger partial charge in [0.15, 0.2) is 11.5 Å². The van der Waals surface area contributed by atoms with E-state index in [0.717, 1.165) is 19.4 Å². The summed E-state index contributed by atoms with van der Waals surface area (Å²) >= 11 is 3.25. The molecule has 3 aromatic rings. The minimum absolute atomic E-state index is 0.307. The lowest BCUT2D eigenvalue weighted by Crippen LogP contribution is -2.32. The molecular weight excluding hydrogens is 455 g/mol. The van der Waals surface area contributed by atoms with Gasteiger partial charge in [-0.05, 0) is 37.1 Å². The van der Waals surface area contributed by atoms with Gasteiger partial charge in [-0.3, -0.25) is 4.90 Å². The fraction of sp³-hybridized carbons (Fsp3) is 0.333. The van der Waals surface area contributed by atoms with Crippen LogP contribution in [-0.2, 0) is 0 Å². The number of nitrogens with one attached hydrogen (secondary N) is 1. The van der Waals surface area contributed by atoms with E-state index in [4.69, 9.17) is 9.47 Å². The average molecular weight is 477 g/mol. The summed E-state index contributed by atoms with van der Waals surface area (Å²) in [6.45, 7) is 1.91. The van der Waals surface area contributed by atoms with Gasteiger partial charge in [0.25, 0.3) is 0 Å². The van der Waals surface area contributed by atoms with Gasteiger partial charge < -0.3 is 19.9 Å². The van der Waals surface area contributed by atoms with Crippen LogP contribution in [0.3, 0.4) is 0 Å². The number of hydrogen-bond donors (Lipinski definition) is 2. The van der Waals surface area contributed by atoms with Gasteiger partial charge in [0.1, 0.15) is 30.8 Å². The molecule has 30 heavy (non-hydrogen) atoms. The molecule has 4 rings (SSSR count). The van der Waals surface area contributed by atoms with Crippen molar-refractivity contribution in [3.8, 4) is 11.5 Å². The lowest BCUT2D eigenvalue weighted by molar-refractivity contribution is 0.0299. The Kier molecular flexibility index (Phi) is 6.31. The molecule has 0 aliphatic carbocycles. The molecule has 1 fully saturated rings. The lowest BCUT2D eigenvalue weighted by atomic mass is 10.2. The molecule has 2 aromatic carbocycles. The van der Waals surface area contributed by atoms with Crippen molar-refractivity contribution < 1.29 is 19.0 Å². The number of ether oxygens (including phenoxy) is 2. The monoisotopic (exact) mass is 476 g/mol. The van der Waals surface area contributed by atoms with Gasteiger partial charge in [-0.2, -0.15) is 0 Å². The van der Waals surface area contributed by atoms with Gasteiger partial charge in [-0.25, -0.2) is 14.4 Å². The normalized spacial score (nSPS) is 16.7. The maximum absolute atomic E-state index is 14.2. The highest BCUT2D eigenvalue weighted by molar-refractivity contribution is 9.10. The number of halogens is 2. The van der Waals surface area contributed by atoms with E-state index in [2.05, 4.69) is 31.2 Å². The summed E-state index contributed by atoms with van der Waals surface area (Å²) in [6, 6.07) is 8.32. The zero-order chi connectivity index (χ0) is 21.1. The number of benzene rings is 2. The maximum Gasteiger partial charge on any atom is 0.163 e. The third kappa shape index (κ3) is 4.48. The topological polar surface area (TPSA) is 79.7 Å². The van der Waals surface area contributed by atoms with Crippen LogP contribution in [0.25, 0.3) is 10.9 Å². The molecule has 1 saturated heterocycles. The summed E-state index contributed by atoms with van der Waals surface area (Å²) in [4.78, 5) is 10.6. The number of aliphatic hydroxyl groups is 1. The Bertz CT molecular complexity index is 1050. The van der Waals surface area contributed by atoms with Crippen molar-refractivity contribution in [3.63, 3.8) is 0 Å². The second-order valence-electron chi connectivity index (χ2n) is 7.00. The predicted octanol–water partition coefficient (Wildman–Crippen LogP) is 4.08. The molecule has 9 heteroatoms. The summed E-state index contributed by atoms with van der Waals surface area (Å²) in [6.07, 6.45) is 2.81. The molecular formula is C21H22BrFN4O3. The number of rotatable bonds is 7. The Morgan fingerprint density at radius 3 is 2.87 bits per heavy atom. The highest BCUT2D eigenvalue weighted by Gasteiger charge is 2.21. The summed E-state index contributed by atoms with van der Waals surface area (Å²) in [5, 5.41) is 13.6. The highest BCUT2D eigenvalue weighted by atomic mass is 79.9. The lowest BCUT2D eigenvalue weighted by Gasteiger charge is -2.20. The molecule has 1 atom stereocenters. The number of nitrogens with zero attached hydrogens (tertiary/aromatic N) is 3. The first-order valence-electron chi connectivity index (χ1n) is 9.65. The Hall–Kier alpha value is -2.49. The van der Waals surface area contributed by atoms with Crippen molar-refractivity contribution in [2.24, 2.45) is 0 Å². The maximum atomic E-state index is 14.2. The highest BCUT2D eigenvalue weighted by Crippen LogP contribution is 2.35. The van der Waals surface area contributed by atoms with E-state index in [9.17, 15) is 9.50 Å². The Morgan fingerprint density at radius 1 is 1.27 bits per heavy atom. The van der Waals surface area contributed by atoms with Crippen molar-refractivity contribution in [2.45, 2.75) is 19.1 Å². The minimum atomic E-state index is -0.396. The molecule has 1 aromatic heterocycles. The van der Waals surface area contributed by atoms with Gasteiger partial charge >= 0.3 is 0 Å². The minimum Gasteiger partial charge on any atom is -0.493 e. The summed E-state index contributed by atoms with van der Waals surface area (Å²) in [5.74, 6) is 1.15. The van der Waals surface area contributed by atoms with E-state index in [-0.39, 0.29) is 0 Å². The number of fused-ring (bicyclic) bond motifs is 1. The molecule has 0 saturated carbocycles. The first-order valence-corrected chi connectivity index (χ1v) is 10.4. The van der Waals surface area contributed by atoms with E-state index < -0.39 is 12.0 Å². The van der Waals surface area contributed by atoms with Gasteiger partial charge in [0, 0.05) is 29.0 Å². The molecule has 7 nitrogen and oxygen atoms in total. The Balaban J connectivity index is 1.57. The van der Waals surface area contributed by atoms with Crippen LogP contribution in [0.1, 0.15) is 12.8 Å². The fourth-order valence-corrected chi connectivity index (χ4v) is 3.83. The first kappa shape index (κ1) is 20.8. The van der Waals surface area contributed by atoms with E-state index in [1.165, 1.54) is 12.4 Å². The summed E-state index contributed by atoms with van der Waals surface area (Å²) in [7, 11) is 1.56. The summed E-state index contributed by atoms with van der Waals surface area (Å²) in [5.41, 5.74) is 0.948. The van der Waals surface area contributed by atoms with Gasteiger partial charge in [-0.1, -0.05) is 15.9 Å². The van der Waals surface area contributed by atoms with E-state index in [0.29, 0.717) is 51.5 Å². The quantitative estimate of drug-likeness (QED) is 0.531.